The Morgan fingerprint density at radius 2 is 2.12 bits per heavy atom. The number of carbonyl (C=O) groups is 1. The monoisotopic (exact) mass is 233 g/mol. The number of aromatic amines is 1. The summed E-state index contributed by atoms with van der Waals surface area (Å²) in [5.41, 5.74) is 3.97. The molecule has 0 saturated heterocycles. The van der Waals surface area contributed by atoms with Crippen molar-refractivity contribution in [3.8, 4) is 0 Å². The standard InChI is InChI=1S/C13H12ClNO/c1-7-5-9-8-3-2-4-11(16)13(8)15-12(9)10(14)6-7/h5-6,15H,2-4H2,1H3. The predicted molar refractivity (Wildman–Crippen MR) is 65.3 cm³/mol. The van der Waals surface area contributed by atoms with Gasteiger partial charge in [-0.1, -0.05) is 11.6 Å². The molecule has 3 rings (SSSR count). The van der Waals surface area contributed by atoms with Gasteiger partial charge in [0, 0.05) is 11.8 Å². The maximum atomic E-state index is 11.8. The number of rotatable bonds is 0. The molecule has 2 nitrogen and oxygen atoms in total. The van der Waals surface area contributed by atoms with Crippen molar-refractivity contribution in [3.05, 3.63) is 34.0 Å². The fourth-order valence-electron chi connectivity index (χ4n) is 2.49. The summed E-state index contributed by atoms with van der Waals surface area (Å²) in [5.74, 6) is 0.214. The van der Waals surface area contributed by atoms with Crippen molar-refractivity contribution in [1.82, 2.24) is 4.98 Å². The van der Waals surface area contributed by atoms with E-state index in [2.05, 4.69) is 11.1 Å². The van der Waals surface area contributed by atoms with Crippen LogP contribution in [0, 0.1) is 6.92 Å². The van der Waals surface area contributed by atoms with E-state index in [0.29, 0.717) is 11.4 Å². The summed E-state index contributed by atoms with van der Waals surface area (Å²) in [6.07, 6.45) is 2.57. The van der Waals surface area contributed by atoms with E-state index in [9.17, 15) is 4.79 Å². The summed E-state index contributed by atoms with van der Waals surface area (Å²) in [4.78, 5) is 15.0. The fourth-order valence-corrected chi connectivity index (χ4v) is 2.81. The Bertz CT molecular complexity index is 597. The second-order valence-electron chi connectivity index (χ2n) is 4.42. The molecule has 82 valence electrons. The highest BCUT2D eigenvalue weighted by Gasteiger charge is 2.22. The molecule has 2 aromatic rings. The molecule has 1 heterocycles. The second-order valence-corrected chi connectivity index (χ2v) is 4.83. The predicted octanol–water partition coefficient (Wildman–Crippen LogP) is 3.65. The van der Waals surface area contributed by atoms with Gasteiger partial charge >= 0.3 is 0 Å². The lowest BCUT2D eigenvalue weighted by molar-refractivity contribution is 0.0968. The van der Waals surface area contributed by atoms with E-state index in [1.807, 2.05) is 13.0 Å². The van der Waals surface area contributed by atoms with E-state index >= 15 is 0 Å². The Morgan fingerprint density at radius 3 is 2.94 bits per heavy atom. The molecule has 0 unspecified atom stereocenters. The number of benzene rings is 1. The Balaban J connectivity index is 2.40. The van der Waals surface area contributed by atoms with Gasteiger partial charge in [0.1, 0.15) is 0 Å². The van der Waals surface area contributed by atoms with E-state index in [1.54, 1.807) is 0 Å². The van der Waals surface area contributed by atoms with Gasteiger partial charge < -0.3 is 4.98 Å². The molecule has 1 aromatic carbocycles. The lowest BCUT2D eigenvalue weighted by Crippen LogP contribution is -2.09. The van der Waals surface area contributed by atoms with E-state index < -0.39 is 0 Å². The van der Waals surface area contributed by atoms with Gasteiger partial charge in [0.25, 0.3) is 0 Å². The van der Waals surface area contributed by atoms with E-state index in [-0.39, 0.29) is 5.78 Å². The van der Waals surface area contributed by atoms with Gasteiger partial charge in [-0.2, -0.15) is 0 Å². The van der Waals surface area contributed by atoms with Crippen molar-refractivity contribution in [2.45, 2.75) is 26.2 Å². The molecule has 0 amide bonds. The molecule has 0 saturated carbocycles. The lowest BCUT2D eigenvalue weighted by atomic mass is 9.94. The van der Waals surface area contributed by atoms with Gasteiger partial charge in [-0.05, 0) is 43.0 Å². The van der Waals surface area contributed by atoms with Crippen LogP contribution in [0.25, 0.3) is 10.9 Å². The Morgan fingerprint density at radius 1 is 1.31 bits per heavy atom. The molecule has 0 bridgehead atoms. The Kier molecular flexibility index (Phi) is 2.08. The zero-order valence-electron chi connectivity index (χ0n) is 9.06. The van der Waals surface area contributed by atoms with Gasteiger partial charge in [0.15, 0.2) is 5.78 Å². The zero-order chi connectivity index (χ0) is 11.3. The van der Waals surface area contributed by atoms with Crippen LogP contribution in [-0.2, 0) is 6.42 Å². The maximum Gasteiger partial charge on any atom is 0.179 e. The van der Waals surface area contributed by atoms with Crippen molar-refractivity contribution < 1.29 is 4.79 Å². The average Bonchev–Trinajstić information content (AvgIpc) is 2.59. The van der Waals surface area contributed by atoms with Gasteiger partial charge in [0.05, 0.1) is 16.2 Å². The highest BCUT2D eigenvalue weighted by Crippen LogP contribution is 2.33. The molecular formula is C13H12ClNO. The first-order valence-electron chi connectivity index (χ1n) is 5.50. The number of fused-ring (bicyclic) bond motifs is 3. The number of ketones is 1. The third kappa shape index (κ3) is 1.30. The van der Waals surface area contributed by atoms with Crippen molar-refractivity contribution in [3.63, 3.8) is 0 Å². The summed E-state index contributed by atoms with van der Waals surface area (Å²) in [6, 6.07) is 4.03. The Hall–Kier alpha value is -1.28. The number of halogens is 1. The number of Topliss-reactive ketones (excluding diaryl/α,β-unsaturated/α-hetero) is 1. The van der Waals surface area contributed by atoms with Crippen molar-refractivity contribution >= 4 is 28.3 Å². The van der Waals surface area contributed by atoms with Gasteiger partial charge in [-0.15, -0.1) is 0 Å². The van der Waals surface area contributed by atoms with Gasteiger partial charge in [-0.3, -0.25) is 4.79 Å². The number of nitrogens with one attached hydrogen (secondary N) is 1. The topological polar surface area (TPSA) is 32.9 Å². The quantitative estimate of drug-likeness (QED) is 0.740. The summed E-state index contributed by atoms with van der Waals surface area (Å²) < 4.78 is 0. The molecule has 1 aliphatic carbocycles. The molecule has 1 aliphatic rings. The van der Waals surface area contributed by atoms with E-state index in [1.165, 1.54) is 0 Å². The van der Waals surface area contributed by atoms with Crippen LogP contribution in [-0.4, -0.2) is 10.8 Å². The van der Waals surface area contributed by atoms with Crippen LogP contribution in [0.4, 0.5) is 0 Å². The molecule has 3 heteroatoms. The second kappa shape index (κ2) is 3.36. The minimum Gasteiger partial charge on any atom is -0.351 e. The number of H-pyrrole nitrogens is 1. The SMILES string of the molecule is Cc1cc(Cl)c2[nH]c3c(c2c1)CCCC3=O. The first-order valence-corrected chi connectivity index (χ1v) is 5.88. The highest BCUT2D eigenvalue weighted by molar-refractivity contribution is 6.35. The number of hydrogen-bond acceptors (Lipinski definition) is 1. The smallest absolute Gasteiger partial charge is 0.179 e. The van der Waals surface area contributed by atoms with Crippen molar-refractivity contribution in [2.24, 2.45) is 0 Å². The molecule has 1 N–H and O–H groups in total. The van der Waals surface area contributed by atoms with Crippen LogP contribution in [0.5, 0.6) is 0 Å². The van der Waals surface area contributed by atoms with Crippen LogP contribution < -0.4 is 0 Å². The van der Waals surface area contributed by atoms with Crippen molar-refractivity contribution in [2.75, 3.05) is 0 Å². The molecule has 0 fully saturated rings. The summed E-state index contributed by atoms with van der Waals surface area (Å²) >= 11 is 6.19. The van der Waals surface area contributed by atoms with Gasteiger partial charge in [0.2, 0.25) is 0 Å². The summed E-state index contributed by atoms with van der Waals surface area (Å²) in [5, 5.41) is 1.82. The fraction of sp³-hybridized carbons (Fsp3) is 0.308. The van der Waals surface area contributed by atoms with Crippen LogP contribution in [0.3, 0.4) is 0 Å². The minimum atomic E-state index is 0.214. The van der Waals surface area contributed by atoms with Crippen molar-refractivity contribution in [1.29, 1.82) is 0 Å². The minimum absolute atomic E-state index is 0.214. The summed E-state index contributed by atoms with van der Waals surface area (Å²) in [7, 11) is 0. The van der Waals surface area contributed by atoms with E-state index in [0.717, 1.165) is 40.6 Å². The third-order valence-corrected chi connectivity index (χ3v) is 3.52. The maximum absolute atomic E-state index is 11.8. The van der Waals surface area contributed by atoms with E-state index in [4.69, 9.17) is 11.6 Å². The lowest BCUT2D eigenvalue weighted by Gasteiger charge is -2.09. The number of aromatic nitrogens is 1. The molecule has 16 heavy (non-hydrogen) atoms. The average molecular weight is 234 g/mol. The molecule has 0 aliphatic heterocycles. The number of carbonyl (C=O) groups excluding carboxylic acids is 1. The number of hydrogen-bond donors (Lipinski definition) is 1. The van der Waals surface area contributed by atoms with Crippen LogP contribution in [0.2, 0.25) is 5.02 Å². The molecule has 0 radical (unpaired) electrons. The van der Waals surface area contributed by atoms with Crippen LogP contribution in [0.15, 0.2) is 12.1 Å². The molecular weight excluding hydrogens is 222 g/mol. The summed E-state index contributed by atoms with van der Waals surface area (Å²) in [6.45, 7) is 2.02. The normalized spacial score (nSPS) is 15.5. The van der Waals surface area contributed by atoms with Gasteiger partial charge in [-0.25, -0.2) is 0 Å². The largest absolute Gasteiger partial charge is 0.351 e. The highest BCUT2D eigenvalue weighted by atomic mass is 35.5. The first-order chi connectivity index (χ1) is 7.66. The van der Waals surface area contributed by atoms with Crippen LogP contribution >= 0.6 is 11.6 Å². The molecule has 0 spiro atoms. The van der Waals surface area contributed by atoms with Crippen LogP contribution in [0.1, 0.15) is 34.5 Å². The number of aryl methyl sites for hydroxylation is 2. The zero-order valence-corrected chi connectivity index (χ0v) is 9.82. The molecule has 1 aromatic heterocycles. The molecule has 0 atom stereocenters. The Labute approximate surface area is 98.6 Å². The first kappa shape index (κ1) is 9.91. The third-order valence-electron chi connectivity index (χ3n) is 3.22.